The molecule has 0 rings (SSSR count). The van der Waals surface area contributed by atoms with Crippen molar-refractivity contribution >= 4 is 18.0 Å². The molecule has 0 fully saturated rings. The first-order valence-corrected chi connectivity index (χ1v) is 2.83. The Morgan fingerprint density at radius 1 is 1.67 bits per heavy atom. The van der Waals surface area contributed by atoms with Gasteiger partial charge < -0.3 is 0 Å². The van der Waals surface area contributed by atoms with E-state index in [0.717, 1.165) is 6.29 Å². The molecule has 0 heterocycles. The lowest BCUT2D eigenvalue weighted by Gasteiger charge is -1.66. The van der Waals surface area contributed by atoms with E-state index in [1.807, 2.05) is 6.26 Å². The minimum Gasteiger partial charge on any atom is -0.299 e. The summed E-state index contributed by atoms with van der Waals surface area (Å²) < 4.78 is 0. The predicted octanol–water partition coefficient (Wildman–Crippen LogP) is 1.06. The Hall–Kier alpha value is -0.240. The third kappa shape index (κ3) is 3.76. The normalized spacial score (nSPS) is 9.50. The second kappa shape index (κ2) is 4.76. The molecule has 2 heteroatoms. The van der Waals surface area contributed by atoms with Crippen molar-refractivity contribution in [3.8, 4) is 0 Å². The highest BCUT2D eigenvalue weighted by Crippen LogP contribution is 1.89. The maximum absolute atomic E-state index is 9.46. The van der Waals surface area contributed by atoms with E-state index in [-0.39, 0.29) is 0 Å². The smallest absolute Gasteiger partial charge is 0.143 e. The average molecular weight is 102 g/mol. The van der Waals surface area contributed by atoms with Crippen molar-refractivity contribution in [2.75, 3.05) is 6.26 Å². The molecule has 0 amide bonds. The fourth-order valence-corrected chi connectivity index (χ4v) is 0.332. The van der Waals surface area contributed by atoms with Crippen LogP contribution in [0, 0.1) is 0 Å². The average Bonchev–Trinajstić information content (AvgIpc) is 1.61. The maximum atomic E-state index is 9.46. The lowest BCUT2D eigenvalue weighted by atomic mass is 10.7. The summed E-state index contributed by atoms with van der Waals surface area (Å²) in [6, 6.07) is 0. The predicted molar refractivity (Wildman–Crippen MR) is 28.7 cm³/mol. The summed E-state index contributed by atoms with van der Waals surface area (Å²) in [5.41, 5.74) is 0. The van der Waals surface area contributed by atoms with Gasteiger partial charge in [-0.1, -0.05) is 0 Å². The quantitative estimate of drug-likeness (QED) is 0.383. The molecule has 0 aromatic rings. The van der Waals surface area contributed by atoms with E-state index in [9.17, 15) is 4.79 Å². The van der Waals surface area contributed by atoms with Crippen LogP contribution in [0.15, 0.2) is 11.5 Å². The lowest BCUT2D eigenvalue weighted by molar-refractivity contribution is -0.104. The van der Waals surface area contributed by atoms with Crippen LogP contribution in [0.25, 0.3) is 0 Å². The molecule has 0 saturated carbocycles. The topological polar surface area (TPSA) is 17.1 Å². The number of hydrogen-bond acceptors (Lipinski definition) is 2. The largest absolute Gasteiger partial charge is 0.299 e. The van der Waals surface area contributed by atoms with E-state index in [1.54, 1.807) is 5.41 Å². The summed E-state index contributed by atoms with van der Waals surface area (Å²) in [5, 5.41) is 1.73. The molecular formula is C4H6OS. The summed E-state index contributed by atoms with van der Waals surface area (Å²) in [5.74, 6) is 0. The van der Waals surface area contributed by atoms with Crippen LogP contribution in [0.2, 0.25) is 0 Å². The van der Waals surface area contributed by atoms with Gasteiger partial charge >= 0.3 is 0 Å². The van der Waals surface area contributed by atoms with E-state index in [2.05, 4.69) is 0 Å². The molecule has 0 bridgehead atoms. The van der Waals surface area contributed by atoms with Gasteiger partial charge in [0.15, 0.2) is 0 Å². The SMILES string of the molecule is CS/C=C\C=O. The van der Waals surface area contributed by atoms with E-state index in [1.165, 1.54) is 17.8 Å². The van der Waals surface area contributed by atoms with Gasteiger partial charge in [0, 0.05) is 0 Å². The highest BCUT2D eigenvalue weighted by molar-refractivity contribution is 8.01. The molecule has 0 aliphatic rings. The third-order valence-corrected chi connectivity index (χ3v) is 0.723. The summed E-state index contributed by atoms with van der Waals surface area (Å²) >= 11 is 1.51. The van der Waals surface area contributed by atoms with Crippen LogP contribution in [0.3, 0.4) is 0 Å². The molecule has 0 radical (unpaired) electrons. The number of rotatable bonds is 2. The second-order valence-corrected chi connectivity index (χ2v) is 1.44. The number of hydrogen-bond donors (Lipinski definition) is 0. The van der Waals surface area contributed by atoms with Crippen molar-refractivity contribution < 1.29 is 4.79 Å². The maximum Gasteiger partial charge on any atom is 0.143 e. The molecule has 0 N–H and O–H groups in total. The van der Waals surface area contributed by atoms with Crippen LogP contribution in [0.4, 0.5) is 0 Å². The van der Waals surface area contributed by atoms with Crippen LogP contribution in [0.1, 0.15) is 0 Å². The minimum atomic E-state index is 0.760. The van der Waals surface area contributed by atoms with Crippen molar-refractivity contribution in [3.05, 3.63) is 11.5 Å². The van der Waals surface area contributed by atoms with Gasteiger partial charge in [-0.15, -0.1) is 11.8 Å². The van der Waals surface area contributed by atoms with Crippen molar-refractivity contribution in [1.29, 1.82) is 0 Å². The molecule has 6 heavy (non-hydrogen) atoms. The number of carbonyl (C=O) groups is 1. The fourth-order valence-electron chi connectivity index (χ4n) is 0.111. The highest BCUT2D eigenvalue weighted by Gasteiger charge is 1.58. The second-order valence-electron chi connectivity index (χ2n) is 0.700. The molecule has 0 atom stereocenters. The summed E-state index contributed by atoms with van der Waals surface area (Å²) in [4.78, 5) is 9.46. The Balaban J connectivity index is 2.94. The lowest BCUT2D eigenvalue weighted by Crippen LogP contribution is -1.51. The van der Waals surface area contributed by atoms with Gasteiger partial charge in [0.2, 0.25) is 0 Å². The number of thioether (sulfide) groups is 1. The molecule has 34 valence electrons. The van der Waals surface area contributed by atoms with Crippen molar-refractivity contribution in [3.63, 3.8) is 0 Å². The molecule has 0 aliphatic carbocycles. The summed E-state index contributed by atoms with van der Waals surface area (Å²) in [7, 11) is 0. The van der Waals surface area contributed by atoms with Crippen LogP contribution in [-0.2, 0) is 4.79 Å². The van der Waals surface area contributed by atoms with Gasteiger partial charge in [0.1, 0.15) is 6.29 Å². The minimum absolute atomic E-state index is 0.760. The van der Waals surface area contributed by atoms with Crippen molar-refractivity contribution in [2.24, 2.45) is 0 Å². The van der Waals surface area contributed by atoms with Crippen molar-refractivity contribution in [1.82, 2.24) is 0 Å². The van der Waals surface area contributed by atoms with Gasteiger partial charge in [-0.2, -0.15) is 0 Å². The molecule has 0 saturated heterocycles. The Kier molecular flexibility index (Phi) is 4.57. The van der Waals surface area contributed by atoms with Gasteiger partial charge in [0.25, 0.3) is 0 Å². The summed E-state index contributed by atoms with van der Waals surface area (Å²) in [6.07, 6.45) is 4.13. The van der Waals surface area contributed by atoms with E-state index >= 15 is 0 Å². The zero-order chi connectivity index (χ0) is 4.83. The molecular weight excluding hydrogens is 96.1 g/mol. The van der Waals surface area contributed by atoms with Gasteiger partial charge in [-0.05, 0) is 17.7 Å². The monoisotopic (exact) mass is 102 g/mol. The van der Waals surface area contributed by atoms with Gasteiger partial charge in [-0.25, -0.2) is 0 Å². The highest BCUT2D eigenvalue weighted by atomic mass is 32.2. The van der Waals surface area contributed by atoms with Gasteiger partial charge in [0.05, 0.1) is 0 Å². The Morgan fingerprint density at radius 3 is 2.50 bits per heavy atom. The Morgan fingerprint density at radius 2 is 2.33 bits per heavy atom. The zero-order valence-electron chi connectivity index (χ0n) is 3.55. The van der Waals surface area contributed by atoms with Crippen LogP contribution in [0.5, 0.6) is 0 Å². The number of allylic oxidation sites excluding steroid dienone is 1. The number of aldehydes is 1. The van der Waals surface area contributed by atoms with E-state index in [4.69, 9.17) is 0 Å². The van der Waals surface area contributed by atoms with E-state index in [0.29, 0.717) is 0 Å². The van der Waals surface area contributed by atoms with E-state index < -0.39 is 0 Å². The van der Waals surface area contributed by atoms with Crippen LogP contribution >= 0.6 is 11.8 Å². The first-order valence-electron chi connectivity index (χ1n) is 1.55. The van der Waals surface area contributed by atoms with Gasteiger partial charge in [-0.3, -0.25) is 4.79 Å². The van der Waals surface area contributed by atoms with Crippen LogP contribution in [-0.4, -0.2) is 12.5 Å². The van der Waals surface area contributed by atoms with Crippen molar-refractivity contribution in [2.45, 2.75) is 0 Å². The first-order chi connectivity index (χ1) is 2.91. The molecule has 0 aromatic heterocycles. The first kappa shape index (κ1) is 5.76. The van der Waals surface area contributed by atoms with Crippen LogP contribution < -0.4 is 0 Å². The Bertz CT molecular complexity index is 58.6. The molecule has 0 unspecified atom stereocenters. The molecule has 0 aliphatic heterocycles. The standard InChI is InChI=1S/C4H6OS/c1-6-4-2-3-5/h2-4H,1H3/b4-2-. The molecule has 1 nitrogen and oxygen atoms in total. The Labute approximate surface area is 41.4 Å². The molecule has 0 spiro atoms. The fraction of sp³-hybridized carbons (Fsp3) is 0.250. The number of carbonyl (C=O) groups excluding carboxylic acids is 1. The zero-order valence-corrected chi connectivity index (χ0v) is 4.37. The molecule has 0 aromatic carbocycles. The third-order valence-electron chi connectivity index (χ3n) is 0.293. The summed E-state index contributed by atoms with van der Waals surface area (Å²) in [6.45, 7) is 0.